The van der Waals surface area contributed by atoms with Gasteiger partial charge >= 0.3 is 5.97 Å². The summed E-state index contributed by atoms with van der Waals surface area (Å²) in [6.07, 6.45) is 8.15. The van der Waals surface area contributed by atoms with Crippen LogP contribution < -0.4 is 11.2 Å². The van der Waals surface area contributed by atoms with Gasteiger partial charge in [0.05, 0.1) is 11.0 Å². The molecule has 5 N–H and O–H groups in total. The number of aliphatic carboxylic acids is 1. The molecule has 4 rings (SSSR count). The van der Waals surface area contributed by atoms with Crippen molar-refractivity contribution in [3.05, 3.63) is 28.3 Å². The number of anilines is 2. The highest BCUT2D eigenvalue weighted by atomic mass is 16.6. The number of nitrogens with two attached hydrogens (primary N) is 1. The van der Waals surface area contributed by atoms with E-state index >= 15 is 0 Å². The summed E-state index contributed by atoms with van der Waals surface area (Å²) in [5.41, 5.74) is 8.50. The van der Waals surface area contributed by atoms with Crippen LogP contribution in [0.5, 0.6) is 0 Å². The number of hydrogen-bond donors (Lipinski definition) is 4. The van der Waals surface area contributed by atoms with Crippen LogP contribution in [0.1, 0.15) is 85.0 Å². The number of carboxylic acid groups (broad SMARTS) is 1. The minimum atomic E-state index is -0.760. The van der Waals surface area contributed by atoms with Crippen LogP contribution in [-0.2, 0) is 9.59 Å². The summed E-state index contributed by atoms with van der Waals surface area (Å²) < 4.78 is 0. The number of nitro groups is 1. The molecule has 1 aromatic rings. The number of nitrogens with zero attached hydrogens (tertiary/aromatic N) is 2. The largest absolute Gasteiger partial charge is 0.481 e. The maximum Gasteiger partial charge on any atom is 0.303 e. The maximum absolute atomic E-state index is 13.4. The topological polar surface area (TPSA) is 168 Å². The normalized spacial score (nSPS) is 34.9. The van der Waals surface area contributed by atoms with E-state index in [0.717, 1.165) is 25.7 Å². The van der Waals surface area contributed by atoms with Gasteiger partial charge < -0.3 is 15.9 Å². The molecule has 0 amide bonds. The van der Waals surface area contributed by atoms with E-state index in [1.165, 1.54) is 6.07 Å². The van der Waals surface area contributed by atoms with Crippen molar-refractivity contribution in [3.63, 3.8) is 0 Å². The van der Waals surface area contributed by atoms with Crippen molar-refractivity contribution < 1.29 is 24.7 Å². The van der Waals surface area contributed by atoms with Crippen LogP contribution in [0, 0.1) is 50.5 Å². The molecule has 0 aromatic heterocycles. The molecule has 3 aliphatic carbocycles. The van der Waals surface area contributed by atoms with Gasteiger partial charge in [0.25, 0.3) is 5.69 Å². The molecule has 0 spiro atoms. The Balaban J connectivity index is 1.58. The number of nitrogens with one attached hydrogen (secondary N) is 1. The van der Waals surface area contributed by atoms with Gasteiger partial charge in [-0.1, -0.05) is 20.8 Å². The number of Topliss-reactive ketones (excluding diaryl/α,β-unsaturated/α-hetero) is 1. The Labute approximate surface area is 235 Å². The van der Waals surface area contributed by atoms with Crippen LogP contribution in [0.4, 0.5) is 17.1 Å². The Morgan fingerprint density at radius 2 is 2.00 bits per heavy atom. The molecule has 40 heavy (non-hydrogen) atoms. The highest BCUT2D eigenvalue weighted by Gasteiger charge is 2.58. The fourth-order valence-electron chi connectivity index (χ4n) is 8.57. The third kappa shape index (κ3) is 5.87. The zero-order chi connectivity index (χ0) is 29.2. The lowest BCUT2D eigenvalue weighted by molar-refractivity contribution is -0.383. The third-order valence-electron chi connectivity index (χ3n) is 10.8. The molecule has 3 fully saturated rings. The number of ketones is 1. The highest BCUT2D eigenvalue weighted by Crippen LogP contribution is 2.64. The fraction of sp³-hybridized carbons (Fsp3) is 0.700. The van der Waals surface area contributed by atoms with E-state index in [2.05, 4.69) is 31.3 Å². The molecule has 0 aliphatic heterocycles. The molecule has 3 saturated carbocycles. The van der Waals surface area contributed by atoms with Crippen LogP contribution in [0.2, 0.25) is 0 Å². The molecule has 0 saturated heterocycles. The lowest BCUT2D eigenvalue weighted by Gasteiger charge is -2.55. The molecule has 3 aliphatic rings. The zero-order valence-corrected chi connectivity index (χ0v) is 23.8. The molecule has 220 valence electrons. The van der Waals surface area contributed by atoms with Crippen LogP contribution in [-0.4, -0.2) is 39.2 Å². The number of fused-ring (bicyclic) bond motifs is 1. The van der Waals surface area contributed by atoms with Crippen molar-refractivity contribution in [2.75, 3.05) is 11.2 Å². The summed E-state index contributed by atoms with van der Waals surface area (Å²) in [5.74, 6) is 0.793. The molecular weight excluding hydrogens is 512 g/mol. The van der Waals surface area contributed by atoms with E-state index in [1.54, 1.807) is 18.3 Å². The van der Waals surface area contributed by atoms with E-state index in [-0.39, 0.29) is 47.3 Å². The van der Waals surface area contributed by atoms with Gasteiger partial charge in [0.1, 0.15) is 11.5 Å². The van der Waals surface area contributed by atoms with Gasteiger partial charge in [-0.25, -0.2) is 0 Å². The highest BCUT2D eigenvalue weighted by molar-refractivity contribution is 5.86. The van der Waals surface area contributed by atoms with Gasteiger partial charge in [0.15, 0.2) is 0 Å². The number of carbonyl (C=O) groups is 2. The number of aliphatic hydroxyl groups excluding tert-OH is 1. The molecular formula is C30H44N4O6. The summed E-state index contributed by atoms with van der Waals surface area (Å²) in [6.45, 7) is 6.62. The second kappa shape index (κ2) is 11.8. The van der Waals surface area contributed by atoms with Crippen LogP contribution in [0.3, 0.4) is 0 Å². The summed E-state index contributed by atoms with van der Waals surface area (Å²) in [5, 5.41) is 35.2. The van der Waals surface area contributed by atoms with Crippen molar-refractivity contribution in [1.29, 1.82) is 0 Å². The lowest BCUT2D eigenvalue weighted by atomic mass is 9.49. The monoisotopic (exact) mass is 556 g/mol. The summed E-state index contributed by atoms with van der Waals surface area (Å²) in [7, 11) is 0. The summed E-state index contributed by atoms with van der Waals surface area (Å²) in [4.78, 5) is 35.6. The van der Waals surface area contributed by atoms with E-state index in [0.29, 0.717) is 49.1 Å². The molecule has 1 aromatic carbocycles. The first kappa shape index (κ1) is 30.0. The van der Waals surface area contributed by atoms with Gasteiger partial charge in [0.2, 0.25) is 0 Å². The number of benzene rings is 1. The Morgan fingerprint density at radius 1 is 1.25 bits per heavy atom. The smallest absolute Gasteiger partial charge is 0.303 e. The first-order valence-corrected chi connectivity index (χ1v) is 14.6. The van der Waals surface area contributed by atoms with Crippen molar-refractivity contribution in [2.24, 2.45) is 45.5 Å². The minimum Gasteiger partial charge on any atom is -0.481 e. The molecule has 10 nitrogen and oxygen atoms in total. The number of nitrogen functional groups attached to an aromatic ring is 1. The van der Waals surface area contributed by atoms with E-state index < -0.39 is 22.4 Å². The molecule has 3 unspecified atom stereocenters. The summed E-state index contributed by atoms with van der Waals surface area (Å²) in [6, 6.07) is 4.43. The second-order valence-electron chi connectivity index (χ2n) is 12.9. The molecule has 0 heterocycles. The Hall–Kier alpha value is -3.01. The zero-order valence-electron chi connectivity index (χ0n) is 23.8. The van der Waals surface area contributed by atoms with E-state index in [4.69, 9.17) is 5.73 Å². The number of nitro benzene ring substituents is 1. The van der Waals surface area contributed by atoms with Gasteiger partial charge in [-0.15, -0.1) is 0 Å². The predicted molar refractivity (Wildman–Crippen MR) is 154 cm³/mol. The summed E-state index contributed by atoms with van der Waals surface area (Å²) >= 11 is 0. The average Bonchev–Trinajstić information content (AvgIpc) is 3.25. The Bertz CT molecular complexity index is 1160. The Kier molecular flexibility index (Phi) is 8.87. The number of carbonyl (C=O) groups excluding carboxylic acids is 1. The van der Waals surface area contributed by atoms with Crippen molar-refractivity contribution in [2.45, 2.75) is 91.1 Å². The van der Waals surface area contributed by atoms with Gasteiger partial charge in [0, 0.05) is 36.2 Å². The number of aliphatic hydroxyl groups is 1. The first-order chi connectivity index (χ1) is 18.9. The van der Waals surface area contributed by atoms with Crippen molar-refractivity contribution >= 4 is 35.0 Å². The third-order valence-corrected chi connectivity index (χ3v) is 10.8. The average molecular weight is 557 g/mol. The minimum absolute atomic E-state index is 0.0453. The first-order valence-electron chi connectivity index (χ1n) is 14.6. The van der Waals surface area contributed by atoms with Gasteiger partial charge in [-0.2, -0.15) is 5.10 Å². The van der Waals surface area contributed by atoms with Gasteiger partial charge in [-0.3, -0.25) is 25.1 Å². The van der Waals surface area contributed by atoms with E-state index in [9.17, 15) is 29.9 Å². The number of rotatable bonds is 10. The molecule has 0 radical (unpaired) electrons. The van der Waals surface area contributed by atoms with Crippen molar-refractivity contribution in [3.8, 4) is 0 Å². The number of hydrazone groups is 1. The SMILES string of the molecule is C[C@H](CCC(=O)O)[C@H]1CCC2C(CC=NNc3ccc(N)cc3[N+](=O)[O-])C([C@@]3(C)CC[C@H](O)CC3=O)CC[C@@]21C. The predicted octanol–water partition coefficient (Wildman–Crippen LogP) is 5.64. The lowest BCUT2D eigenvalue weighted by Crippen LogP contribution is -2.51. The standard InChI is InChI=1S/C30H44N4O6/c1-18(4-9-28(37)38)22-6-7-23-21(12-15-32-33-25-8-5-19(31)16-26(25)34(39)40)24(11-14-29(22,23)2)30(3)13-10-20(35)17-27(30)36/h5,8,15-16,18,20-24,33,35H,4,6-7,9-14,17,31H2,1-3H3,(H,37,38)/t18-,20+,21?,22-,23?,24?,29-,30-/m1/s1. The number of carboxylic acids is 1. The van der Waals surface area contributed by atoms with Crippen LogP contribution >= 0.6 is 0 Å². The molecule has 8 atom stereocenters. The molecule has 0 bridgehead atoms. The quantitative estimate of drug-likeness (QED) is 0.124. The fourth-order valence-corrected chi connectivity index (χ4v) is 8.57. The second-order valence-corrected chi connectivity index (χ2v) is 12.9. The van der Waals surface area contributed by atoms with Gasteiger partial charge in [-0.05, 0) is 98.5 Å². The van der Waals surface area contributed by atoms with Crippen molar-refractivity contribution in [1.82, 2.24) is 0 Å². The van der Waals surface area contributed by atoms with E-state index in [1.807, 2.05) is 0 Å². The molecule has 10 heteroatoms. The van der Waals surface area contributed by atoms with Crippen LogP contribution in [0.25, 0.3) is 0 Å². The Morgan fingerprint density at radius 3 is 2.67 bits per heavy atom. The number of hydrogen-bond acceptors (Lipinski definition) is 8. The maximum atomic E-state index is 13.4. The van der Waals surface area contributed by atoms with Crippen LogP contribution in [0.15, 0.2) is 23.3 Å².